The molecule has 2 aromatic heterocycles. The smallest absolute Gasteiger partial charge is 0.191 e. The molecule has 33 heavy (non-hydrogen) atoms. The van der Waals surface area contributed by atoms with E-state index in [9.17, 15) is 0 Å². The number of ether oxygens (including phenoxy) is 1. The van der Waals surface area contributed by atoms with Crippen molar-refractivity contribution >= 4 is 29.9 Å². The molecule has 0 bridgehead atoms. The van der Waals surface area contributed by atoms with Crippen LogP contribution in [0.5, 0.6) is 0 Å². The van der Waals surface area contributed by atoms with E-state index in [0.29, 0.717) is 18.5 Å². The molecule has 2 N–H and O–H groups in total. The molecule has 3 heterocycles. The van der Waals surface area contributed by atoms with E-state index in [2.05, 4.69) is 58.5 Å². The average Bonchev–Trinajstić information content (AvgIpc) is 3.13. The van der Waals surface area contributed by atoms with Crippen LogP contribution in [0.25, 0.3) is 5.82 Å². The van der Waals surface area contributed by atoms with E-state index in [-0.39, 0.29) is 24.0 Å². The molecule has 1 saturated heterocycles. The van der Waals surface area contributed by atoms with Crippen LogP contribution in [-0.4, -0.2) is 71.1 Å². The summed E-state index contributed by atoms with van der Waals surface area (Å²) in [6.07, 6.45) is 3.04. The summed E-state index contributed by atoms with van der Waals surface area (Å²) in [6.45, 7) is 16.6. The minimum atomic E-state index is 0. The molecule has 9 heteroatoms. The zero-order valence-corrected chi connectivity index (χ0v) is 23.0. The van der Waals surface area contributed by atoms with Crippen LogP contribution in [0, 0.1) is 19.8 Å². The third-order valence-electron chi connectivity index (χ3n) is 5.61. The number of hydrogen-bond donors (Lipinski definition) is 2. The summed E-state index contributed by atoms with van der Waals surface area (Å²) >= 11 is 0. The number of nitrogens with zero attached hydrogens (tertiary/aromatic N) is 5. The zero-order chi connectivity index (χ0) is 22.9. The Kier molecular flexibility index (Phi) is 11.6. The molecule has 0 aliphatic carbocycles. The van der Waals surface area contributed by atoms with Crippen molar-refractivity contribution in [1.82, 2.24) is 30.3 Å². The lowest BCUT2D eigenvalue weighted by atomic mass is 10.0. The lowest BCUT2D eigenvalue weighted by Crippen LogP contribution is -2.51. The lowest BCUT2D eigenvalue weighted by molar-refractivity contribution is 0.0132. The standard InChI is InChI=1S/C24H39N7O.HI/c1-6-25-24(28-17-22(13-18(2)3)30-9-11-32-12-10-30)27-16-21-7-8-23(26-15-21)31-20(5)14-19(4)29-31;/h7-8,14-15,18,22H,6,9-13,16-17H2,1-5H3,(H2,25,27,28);1H. The molecule has 0 aromatic carbocycles. The van der Waals surface area contributed by atoms with Gasteiger partial charge in [0.25, 0.3) is 0 Å². The molecular weight excluding hydrogens is 529 g/mol. The Morgan fingerprint density at radius 2 is 1.94 bits per heavy atom. The van der Waals surface area contributed by atoms with Gasteiger partial charge in [0.15, 0.2) is 11.8 Å². The van der Waals surface area contributed by atoms with Gasteiger partial charge >= 0.3 is 0 Å². The van der Waals surface area contributed by atoms with E-state index in [1.807, 2.05) is 30.8 Å². The van der Waals surface area contributed by atoms with Gasteiger partial charge in [0.1, 0.15) is 0 Å². The van der Waals surface area contributed by atoms with Crippen LogP contribution in [-0.2, 0) is 11.3 Å². The van der Waals surface area contributed by atoms with E-state index in [1.165, 1.54) is 0 Å². The fourth-order valence-electron chi connectivity index (χ4n) is 4.07. The normalized spacial score (nSPS) is 15.9. The van der Waals surface area contributed by atoms with Gasteiger partial charge in [0.05, 0.1) is 25.5 Å². The van der Waals surface area contributed by atoms with Crippen LogP contribution in [0.2, 0.25) is 0 Å². The summed E-state index contributed by atoms with van der Waals surface area (Å²) in [4.78, 5) is 11.9. The van der Waals surface area contributed by atoms with Crippen molar-refractivity contribution in [2.45, 2.75) is 53.6 Å². The predicted octanol–water partition coefficient (Wildman–Crippen LogP) is 3.30. The van der Waals surface area contributed by atoms with Crippen molar-refractivity contribution < 1.29 is 4.74 Å². The molecule has 3 rings (SSSR count). The first kappa shape index (κ1) is 27.5. The van der Waals surface area contributed by atoms with Crippen LogP contribution < -0.4 is 10.6 Å². The largest absolute Gasteiger partial charge is 0.379 e. The summed E-state index contributed by atoms with van der Waals surface area (Å²) in [6, 6.07) is 6.60. The number of rotatable bonds is 9. The Labute approximate surface area is 215 Å². The summed E-state index contributed by atoms with van der Waals surface area (Å²) in [5, 5.41) is 11.4. The number of aryl methyl sites for hydroxylation is 2. The van der Waals surface area contributed by atoms with Gasteiger partial charge in [-0.25, -0.2) is 14.7 Å². The van der Waals surface area contributed by atoms with Gasteiger partial charge in [-0.1, -0.05) is 19.9 Å². The minimum absolute atomic E-state index is 0. The maximum atomic E-state index is 5.54. The molecule has 2 aromatic rings. The first-order valence-electron chi connectivity index (χ1n) is 11.8. The van der Waals surface area contributed by atoms with Crippen molar-refractivity contribution in [1.29, 1.82) is 0 Å². The van der Waals surface area contributed by atoms with Gasteiger partial charge in [0.2, 0.25) is 0 Å². The third kappa shape index (κ3) is 8.53. The number of morpholine rings is 1. The van der Waals surface area contributed by atoms with E-state index in [0.717, 1.165) is 74.5 Å². The fraction of sp³-hybridized carbons (Fsp3) is 0.625. The number of pyridine rings is 1. The Bertz CT molecular complexity index is 860. The van der Waals surface area contributed by atoms with E-state index >= 15 is 0 Å². The minimum Gasteiger partial charge on any atom is -0.379 e. The quantitative estimate of drug-likeness (QED) is 0.274. The number of halogens is 1. The highest BCUT2D eigenvalue weighted by molar-refractivity contribution is 14.0. The summed E-state index contributed by atoms with van der Waals surface area (Å²) in [5.74, 6) is 2.32. The van der Waals surface area contributed by atoms with Crippen LogP contribution >= 0.6 is 24.0 Å². The van der Waals surface area contributed by atoms with Crippen molar-refractivity contribution in [2.24, 2.45) is 10.9 Å². The second kappa shape index (κ2) is 13.9. The number of aliphatic imine (C=N–C) groups is 1. The Hall–Kier alpha value is -1.72. The van der Waals surface area contributed by atoms with Crippen molar-refractivity contribution in [3.05, 3.63) is 41.3 Å². The van der Waals surface area contributed by atoms with Gasteiger partial charge in [-0.15, -0.1) is 24.0 Å². The highest BCUT2D eigenvalue weighted by atomic mass is 127. The molecule has 184 valence electrons. The zero-order valence-electron chi connectivity index (χ0n) is 20.7. The van der Waals surface area contributed by atoms with Crippen molar-refractivity contribution in [2.75, 3.05) is 39.4 Å². The molecule has 1 aliphatic rings. The SMILES string of the molecule is CCNC(=NCc1ccc(-n2nc(C)cc2C)nc1)NCC(CC(C)C)N1CCOCC1.I. The Morgan fingerprint density at radius 1 is 1.18 bits per heavy atom. The van der Waals surface area contributed by atoms with Crippen LogP contribution in [0.3, 0.4) is 0 Å². The Balaban J connectivity index is 0.00000385. The molecule has 0 radical (unpaired) electrons. The Morgan fingerprint density at radius 3 is 2.52 bits per heavy atom. The monoisotopic (exact) mass is 569 g/mol. The molecular formula is C24H40IN7O. The van der Waals surface area contributed by atoms with Crippen molar-refractivity contribution in [3.63, 3.8) is 0 Å². The second-order valence-electron chi connectivity index (χ2n) is 8.87. The maximum Gasteiger partial charge on any atom is 0.191 e. The lowest BCUT2D eigenvalue weighted by Gasteiger charge is -2.35. The first-order valence-corrected chi connectivity index (χ1v) is 11.8. The van der Waals surface area contributed by atoms with Gasteiger partial charge < -0.3 is 15.4 Å². The fourth-order valence-corrected chi connectivity index (χ4v) is 4.07. The van der Waals surface area contributed by atoms with Gasteiger partial charge in [-0.05, 0) is 50.8 Å². The molecule has 0 amide bonds. The second-order valence-corrected chi connectivity index (χ2v) is 8.87. The van der Waals surface area contributed by atoms with Crippen LogP contribution in [0.4, 0.5) is 0 Å². The molecule has 1 unspecified atom stereocenters. The van der Waals surface area contributed by atoms with Gasteiger partial charge in [-0.3, -0.25) is 4.90 Å². The van der Waals surface area contributed by atoms with Crippen LogP contribution in [0.15, 0.2) is 29.4 Å². The van der Waals surface area contributed by atoms with E-state index < -0.39 is 0 Å². The number of nitrogens with one attached hydrogen (secondary N) is 2. The first-order chi connectivity index (χ1) is 15.5. The number of hydrogen-bond acceptors (Lipinski definition) is 5. The summed E-state index contributed by atoms with van der Waals surface area (Å²) in [5.41, 5.74) is 3.14. The average molecular weight is 570 g/mol. The van der Waals surface area contributed by atoms with E-state index in [4.69, 9.17) is 9.73 Å². The van der Waals surface area contributed by atoms with Crippen molar-refractivity contribution in [3.8, 4) is 5.82 Å². The van der Waals surface area contributed by atoms with Gasteiger partial charge in [-0.2, -0.15) is 5.10 Å². The predicted molar refractivity (Wildman–Crippen MR) is 145 cm³/mol. The van der Waals surface area contributed by atoms with E-state index in [1.54, 1.807) is 0 Å². The van der Waals surface area contributed by atoms with Gasteiger partial charge in [0, 0.05) is 44.1 Å². The highest BCUT2D eigenvalue weighted by Crippen LogP contribution is 2.13. The molecule has 8 nitrogen and oxygen atoms in total. The van der Waals surface area contributed by atoms with Crippen LogP contribution in [0.1, 0.15) is 44.1 Å². The highest BCUT2D eigenvalue weighted by Gasteiger charge is 2.22. The third-order valence-corrected chi connectivity index (χ3v) is 5.61. The number of guanidine groups is 1. The molecule has 1 atom stereocenters. The summed E-state index contributed by atoms with van der Waals surface area (Å²) < 4.78 is 7.41. The molecule has 0 spiro atoms. The summed E-state index contributed by atoms with van der Waals surface area (Å²) in [7, 11) is 0. The molecule has 1 aliphatic heterocycles. The maximum absolute atomic E-state index is 5.54. The molecule has 0 saturated carbocycles. The topological polar surface area (TPSA) is 79.6 Å². The number of aromatic nitrogens is 3. The molecule has 1 fully saturated rings.